The van der Waals surface area contributed by atoms with Crippen LogP contribution in [0.3, 0.4) is 0 Å². The smallest absolute Gasteiger partial charge is 0.337 e. The Morgan fingerprint density at radius 1 is 1.40 bits per heavy atom. The number of rotatable bonds is 7. The number of aliphatic hydroxyl groups excluding tert-OH is 1. The summed E-state index contributed by atoms with van der Waals surface area (Å²) in [7, 11) is 1.27. The first-order valence-electron chi connectivity index (χ1n) is 8.13. The second-order valence-electron chi connectivity index (χ2n) is 6.06. The number of carbonyl (C=O) groups is 2. The number of aliphatic hydroxyl groups is 1. The van der Waals surface area contributed by atoms with Crippen molar-refractivity contribution in [3.8, 4) is 5.75 Å². The number of hydrogen-bond donors (Lipinski definition) is 2. The average Bonchev–Trinajstić information content (AvgIpc) is 2.86. The van der Waals surface area contributed by atoms with Crippen LogP contribution in [0.2, 0.25) is 0 Å². The molecule has 0 spiro atoms. The SMILES string of the molecule is COC(=O)C1=C(Nc2cc(OC(C)C)ccc2C)C(=O)N(CCO)C1. The summed E-state index contributed by atoms with van der Waals surface area (Å²) in [6, 6.07) is 5.52. The lowest BCUT2D eigenvalue weighted by Gasteiger charge is -2.16. The van der Waals surface area contributed by atoms with Crippen molar-refractivity contribution < 1.29 is 24.2 Å². The van der Waals surface area contributed by atoms with Crippen LogP contribution in [0.4, 0.5) is 5.69 Å². The maximum absolute atomic E-state index is 12.6. The summed E-state index contributed by atoms with van der Waals surface area (Å²) in [6.07, 6.45) is 0.0218. The molecule has 25 heavy (non-hydrogen) atoms. The fourth-order valence-electron chi connectivity index (χ4n) is 2.56. The Hall–Kier alpha value is -2.54. The number of nitrogens with one attached hydrogen (secondary N) is 1. The van der Waals surface area contributed by atoms with Crippen molar-refractivity contribution in [1.82, 2.24) is 4.90 Å². The molecule has 7 nitrogen and oxygen atoms in total. The average molecular weight is 348 g/mol. The van der Waals surface area contributed by atoms with Crippen molar-refractivity contribution in [3.05, 3.63) is 35.0 Å². The molecule has 2 N–H and O–H groups in total. The first kappa shape index (κ1) is 18.8. The van der Waals surface area contributed by atoms with E-state index in [-0.39, 0.29) is 43.0 Å². The minimum atomic E-state index is -0.566. The van der Waals surface area contributed by atoms with E-state index in [4.69, 9.17) is 14.6 Å². The lowest BCUT2D eigenvalue weighted by molar-refractivity contribution is -0.136. The normalized spacial score (nSPS) is 14.3. The number of benzene rings is 1. The fraction of sp³-hybridized carbons (Fsp3) is 0.444. The molecule has 0 fully saturated rings. The Labute approximate surface area is 147 Å². The molecule has 136 valence electrons. The van der Waals surface area contributed by atoms with Crippen molar-refractivity contribution in [2.75, 3.05) is 32.1 Å². The van der Waals surface area contributed by atoms with E-state index in [2.05, 4.69) is 5.32 Å². The summed E-state index contributed by atoms with van der Waals surface area (Å²) < 4.78 is 10.5. The summed E-state index contributed by atoms with van der Waals surface area (Å²) in [4.78, 5) is 26.0. The molecule has 0 unspecified atom stereocenters. The van der Waals surface area contributed by atoms with Crippen LogP contribution < -0.4 is 10.1 Å². The van der Waals surface area contributed by atoms with Gasteiger partial charge >= 0.3 is 5.97 Å². The molecular weight excluding hydrogens is 324 g/mol. The van der Waals surface area contributed by atoms with E-state index >= 15 is 0 Å². The van der Waals surface area contributed by atoms with E-state index in [0.29, 0.717) is 11.4 Å². The van der Waals surface area contributed by atoms with Gasteiger partial charge < -0.3 is 24.8 Å². The maximum atomic E-state index is 12.6. The third-order valence-corrected chi connectivity index (χ3v) is 3.79. The van der Waals surface area contributed by atoms with Crippen LogP contribution in [0, 0.1) is 6.92 Å². The Morgan fingerprint density at radius 2 is 2.12 bits per heavy atom. The first-order valence-corrected chi connectivity index (χ1v) is 8.13. The zero-order valence-electron chi connectivity index (χ0n) is 15.0. The monoisotopic (exact) mass is 348 g/mol. The highest BCUT2D eigenvalue weighted by Crippen LogP contribution is 2.27. The Bertz CT molecular complexity index is 697. The van der Waals surface area contributed by atoms with Crippen LogP contribution in [0.25, 0.3) is 0 Å². The number of ether oxygens (including phenoxy) is 2. The highest BCUT2D eigenvalue weighted by Gasteiger charge is 2.34. The van der Waals surface area contributed by atoms with Gasteiger partial charge in [-0.25, -0.2) is 4.79 Å². The van der Waals surface area contributed by atoms with Crippen LogP contribution in [0.5, 0.6) is 5.75 Å². The second kappa shape index (κ2) is 8.02. The number of anilines is 1. The van der Waals surface area contributed by atoms with Gasteiger partial charge in [0, 0.05) is 18.3 Å². The van der Waals surface area contributed by atoms with E-state index in [0.717, 1.165) is 5.56 Å². The fourth-order valence-corrected chi connectivity index (χ4v) is 2.56. The van der Waals surface area contributed by atoms with E-state index in [9.17, 15) is 9.59 Å². The molecule has 0 saturated carbocycles. The molecule has 0 atom stereocenters. The molecule has 1 aromatic carbocycles. The number of nitrogens with zero attached hydrogens (tertiary/aromatic N) is 1. The minimum absolute atomic E-state index is 0.0218. The molecule has 1 aliphatic heterocycles. The molecule has 1 heterocycles. The molecule has 1 amide bonds. The Kier molecular flexibility index (Phi) is 6.03. The Balaban J connectivity index is 2.34. The lowest BCUT2D eigenvalue weighted by atomic mass is 10.1. The Morgan fingerprint density at radius 3 is 2.72 bits per heavy atom. The van der Waals surface area contributed by atoms with Gasteiger partial charge in [0.25, 0.3) is 5.91 Å². The quantitative estimate of drug-likeness (QED) is 0.725. The molecule has 0 aliphatic carbocycles. The van der Waals surface area contributed by atoms with Crippen LogP contribution in [-0.4, -0.2) is 54.8 Å². The minimum Gasteiger partial charge on any atom is -0.491 e. The number of amides is 1. The highest BCUT2D eigenvalue weighted by atomic mass is 16.5. The molecule has 2 rings (SSSR count). The largest absolute Gasteiger partial charge is 0.491 e. The third-order valence-electron chi connectivity index (χ3n) is 3.79. The summed E-state index contributed by atoms with van der Waals surface area (Å²) in [5.74, 6) is -0.242. The molecule has 0 bridgehead atoms. The number of carbonyl (C=O) groups excluding carboxylic acids is 2. The molecular formula is C18H24N2O5. The van der Waals surface area contributed by atoms with E-state index in [1.165, 1.54) is 12.0 Å². The van der Waals surface area contributed by atoms with Crippen LogP contribution in [-0.2, 0) is 14.3 Å². The maximum Gasteiger partial charge on any atom is 0.337 e. The highest BCUT2D eigenvalue weighted by molar-refractivity contribution is 6.08. The van der Waals surface area contributed by atoms with Gasteiger partial charge in [-0.15, -0.1) is 0 Å². The summed E-state index contributed by atoms with van der Waals surface area (Å²) >= 11 is 0. The summed E-state index contributed by atoms with van der Waals surface area (Å²) in [5, 5.41) is 12.2. The molecule has 1 aliphatic rings. The summed E-state index contributed by atoms with van der Waals surface area (Å²) in [5.41, 5.74) is 2.00. The van der Waals surface area contributed by atoms with Crippen molar-refractivity contribution in [2.24, 2.45) is 0 Å². The van der Waals surface area contributed by atoms with Gasteiger partial charge in [-0.3, -0.25) is 4.79 Å². The zero-order valence-corrected chi connectivity index (χ0v) is 15.0. The van der Waals surface area contributed by atoms with Gasteiger partial charge in [-0.05, 0) is 32.4 Å². The van der Waals surface area contributed by atoms with Gasteiger partial charge in [0.1, 0.15) is 11.4 Å². The van der Waals surface area contributed by atoms with Crippen molar-refractivity contribution in [3.63, 3.8) is 0 Å². The van der Waals surface area contributed by atoms with Crippen LogP contribution in [0.15, 0.2) is 29.5 Å². The lowest BCUT2D eigenvalue weighted by Crippen LogP contribution is -2.31. The number of methoxy groups -OCH3 is 1. The van der Waals surface area contributed by atoms with Crippen molar-refractivity contribution >= 4 is 17.6 Å². The van der Waals surface area contributed by atoms with Gasteiger partial charge in [-0.1, -0.05) is 6.07 Å². The van der Waals surface area contributed by atoms with Gasteiger partial charge in [0.05, 0.1) is 31.9 Å². The topological polar surface area (TPSA) is 88.1 Å². The third kappa shape index (κ3) is 4.30. The van der Waals surface area contributed by atoms with Crippen molar-refractivity contribution in [2.45, 2.75) is 26.9 Å². The van der Waals surface area contributed by atoms with Gasteiger partial charge in [0.15, 0.2) is 0 Å². The summed E-state index contributed by atoms with van der Waals surface area (Å²) in [6.45, 7) is 5.83. The molecule has 7 heteroatoms. The van der Waals surface area contributed by atoms with E-state index in [1.807, 2.05) is 32.9 Å². The van der Waals surface area contributed by atoms with Crippen LogP contribution in [0.1, 0.15) is 19.4 Å². The zero-order chi connectivity index (χ0) is 18.6. The number of hydrogen-bond acceptors (Lipinski definition) is 6. The number of β-amino-alcohol motifs (C(OH)–C–C–N with tert-alkyl or cyclic N) is 1. The van der Waals surface area contributed by atoms with E-state index in [1.54, 1.807) is 6.07 Å². The number of esters is 1. The molecule has 1 aromatic rings. The molecule has 0 radical (unpaired) electrons. The predicted molar refractivity (Wildman–Crippen MR) is 93.3 cm³/mol. The van der Waals surface area contributed by atoms with E-state index < -0.39 is 5.97 Å². The van der Waals surface area contributed by atoms with Crippen LogP contribution >= 0.6 is 0 Å². The van der Waals surface area contributed by atoms with Crippen molar-refractivity contribution in [1.29, 1.82) is 0 Å². The predicted octanol–water partition coefficient (Wildman–Crippen LogP) is 1.46. The molecule has 0 saturated heterocycles. The molecule has 0 aromatic heterocycles. The number of aryl methyl sites for hydroxylation is 1. The second-order valence-corrected chi connectivity index (χ2v) is 6.06. The van der Waals surface area contributed by atoms with Gasteiger partial charge in [-0.2, -0.15) is 0 Å². The first-order chi connectivity index (χ1) is 11.9. The van der Waals surface area contributed by atoms with Gasteiger partial charge in [0.2, 0.25) is 0 Å². The standard InChI is InChI=1S/C18H24N2O5/c1-11(2)25-13-6-5-12(3)15(9-13)19-16-14(18(23)24-4)10-20(7-8-21)17(16)22/h5-6,9,11,19,21H,7-8,10H2,1-4H3.